The Balaban J connectivity index is 2.24. The Kier molecular flexibility index (Phi) is 4.04. The highest BCUT2D eigenvalue weighted by atomic mass is 16.1. The van der Waals surface area contributed by atoms with Gasteiger partial charge in [0.15, 0.2) is 5.78 Å². The largest absolute Gasteiger partial charge is 0.399 e. The molecular formula is C18H19NO. The normalized spacial score (nSPS) is 10.9. The number of carbonyl (C=O) groups excluding carboxylic acids is 1. The van der Waals surface area contributed by atoms with Gasteiger partial charge in [-0.2, -0.15) is 0 Å². The third-order valence-electron chi connectivity index (χ3n) is 3.47. The molecule has 2 aromatic rings. The zero-order chi connectivity index (χ0) is 14.7. The van der Waals surface area contributed by atoms with Crippen LogP contribution >= 0.6 is 0 Å². The fraction of sp³-hybridized carbons (Fsp3) is 0.167. The number of carbonyl (C=O) groups is 1. The van der Waals surface area contributed by atoms with Crippen molar-refractivity contribution in [1.29, 1.82) is 0 Å². The molecule has 0 heterocycles. The van der Waals surface area contributed by atoms with Gasteiger partial charge in [-0.25, -0.2) is 0 Å². The molecule has 0 unspecified atom stereocenters. The molecule has 102 valence electrons. The number of nitrogen functional groups attached to an aromatic ring is 1. The van der Waals surface area contributed by atoms with Crippen LogP contribution in [-0.2, 0) is 0 Å². The molecule has 0 saturated carbocycles. The molecule has 0 amide bonds. The maximum atomic E-state index is 12.3. The van der Waals surface area contributed by atoms with Gasteiger partial charge in [-0.05, 0) is 67.3 Å². The van der Waals surface area contributed by atoms with Crippen LogP contribution in [0.5, 0.6) is 0 Å². The number of ketones is 1. The summed E-state index contributed by atoms with van der Waals surface area (Å²) in [5.41, 5.74) is 11.4. The second kappa shape index (κ2) is 5.74. The lowest BCUT2D eigenvalue weighted by molar-refractivity contribution is 0.104. The van der Waals surface area contributed by atoms with Crippen molar-refractivity contribution < 1.29 is 4.79 Å². The molecular weight excluding hydrogens is 246 g/mol. The summed E-state index contributed by atoms with van der Waals surface area (Å²) in [6.45, 7) is 6.05. The molecule has 2 aromatic carbocycles. The van der Waals surface area contributed by atoms with E-state index in [1.54, 1.807) is 6.08 Å². The van der Waals surface area contributed by atoms with Crippen LogP contribution in [-0.4, -0.2) is 5.78 Å². The van der Waals surface area contributed by atoms with Gasteiger partial charge in [0.25, 0.3) is 0 Å². The average Bonchev–Trinajstić information content (AvgIpc) is 2.42. The van der Waals surface area contributed by atoms with Crippen LogP contribution in [0, 0.1) is 20.8 Å². The third-order valence-corrected chi connectivity index (χ3v) is 3.47. The first-order valence-corrected chi connectivity index (χ1v) is 6.63. The van der Waals surface area contributed by atoms with Crippen LogP contribution in [0.25, 0.3) is 6.08 Å². The molecule has 2 heteroatoms. The van der Waals surface area contributed by atoms with E-state index in [1.807, 2.05) is 50.3 Å². The van der Waals surface area contributed by atoms with E-state index in [0.29, 0.717) is 0 Å². The lowest BCUT2D eigenvalue weighted by atomic mass is 9.97. The van der Waals surface area contributed by atoms with Gasteiger partial charge in [-0.3, -0.25) is 4.79 Å². The Morgan fingerprint density at radius 3 is 2.20 bits per heavy atom. The van der Waals surface area contributed by atoms with Gasteiger partial charge in [0.05, 0.1) is 0 Å². The summed E-state index contributed by atoms with van der Waals surface area (Å²) in [7, 11) is 0. The van der Waals surface area contributed by atoms with Crippen LogP contribution in [0.15, 0.2) is 42.5 Å². The number of hydrogen-bond donors (Lipinski definition) is 1. The lowest BCUT2D eigenvalue weighted by Gasteiger charge is -2.07. The molecule has 0 aliphatic carbocycles. The zero-order valence-electron chi connectivity index (χ0n) is 12.1. The van der Waals surface area contributed by atoms with E-state index in [1.165, 1.54) is 5.56 Å². The van der Waals surface area contributed by atoms with Gasteiger partial charge in [0, 0.05) is 11.3 Å². The van der Waals surface area contributed by atoms with Crippen LogP contribution in [0.4, 0.5) is 5.69 Å². The summed E-state index contributed by atoms with van der Waals surface area (Å²) < 4.78 is 0. The van der Waals surface area contributed by atoms with Crippen molar-refractivity contribution in [1.82, 2.24) is 0 Å². The Morgan fingerprint density at radius 1 is 0.950 bits per heavy atom. The number of nitrogens with two attached hydrogens (primary N) is 1. The summed E-state index contributed by atoms with van der Waals surface area (Å²) in [4.78, 5) is 12.3. The lowest BCUT2D eigenvalue weighted by Crippen LogP contribution is -2.00. The molecule has 0 aliphatic heterocycles. The molecule has 2 nitrogen and oxygen atoms in total. The molecule has 0 radical (unpaired) electrons. The zero-order valence-corrected chi connectivity index (χ0v) is 12.1. The smallest absolute Gasteiger partial charge is 0.186 e. The van der Waals surface area contributed by atoms with Crippen molar-refractivity contribution in [2.24, 2.45) is 0 Å². The first kappa shape index (κ1) is 14.1. The molecule has 0 spiro atoms. The van der Waals surface area contributed by atoms with Gasteiger partial charge in [-0.15, -0.1) is 0 Å². The summed E-state index contributed by atoms with van der Waals surface area (Å²) in [6, 6.07) is 11.5. The van der Waals surface area contributed by atoms with Crippen molar-refractivity contribution in [2.75, 3.05) is 5.73 Å². The number of anilines is 1. The molecule has 2 N–H and O–H groups in total. The highest BCUT2D eigenvalue weighted by Crippen LogP contribution is 2.17. The van der Waals surface area contributed by atoms with Crippen LogP contribution in [0.3, 0.4) is 0 Å². The first-order chi connectivity index (χ1) is 9.47. The van der Waals surface area contributed by atoms with Crippen molar-refractivity contribution >= 4 is 17.5 Å². The van der Waals surface area contributed by atoms with E-state index in [0.717, 1.165) is 27.9 Å². The van der Waals surface area contributed by atoms with Crippen molar-refractivity contribution in [3.8, 4) is 0 Å². The highest BCUT2D eigenvalue weighted by molar-refractivity contribution is 6.07. The Bertz CT molecular complexity index is 667. The molecule has 0 bridgehead atoms. The van der Waals surface area contributed by atoms with Crippen molar-refractivity contribution in [3.63, 3.8) is 0 Å². The number of allylic oxidation sites excluding steroid dienone is 1. The minimum absolute atomic E-state index is 0.0300. The molecule has 0 aliphatic rings. The van der Waals surface area contributed by atoms with E-state index >= 15 is 0 Å². The van der Waals surface area contributed by atoms with Gasteiger partial charge in [0.2, 0.25) is 0 Å². The molecule has 20 heavy (non-hydrogen) atoms. The topological polar surface area (TPSA) is 43.1 Å². The minimum atomic E-state index is 0.0300. The second-order valence-corrected chi connectivity index (χ2v) is 5.12. The summed E-state index contributed by atoms with van der Waals surface area (Å²) >= 11 is 0. The number of aryl methyl sites for hydroxylation is 3. The molecule has 0 fully saturated rings. The van der Waals surface area contributed by atoms with Crippen LogP contribution < -0.4 is 5.73 Å². The van der Waals surface area contributed by atoms with E-state index in [4.69, 9.17) is 5.73 Å². The SMILES string of the molecule is Cc1cc(C)c(C(=O)/C=C/c2ccc(N)cc2)cc1C. The van der Waals surface area contributed by atoms with Crippen molar-refractivity contribution in [3.05, 3.63) is 70.3 Å². The van der Waals surface area contributed by atoms with Gasteiger partial charge >= 0.3 is 0 Å². The van der Waals surface area contributed by atoms with Gasteiger partial charge < -0.3 is 5.73 Å². The standard InChI is InChI=1S/C18H19NO/c1-12-10-14(3)17(11-13(12)2)18(20)9-6-15-4-7-16(19)8-5-15/h4-11H,19H2,1-3H3/b9-6+. The van der Waals surface area contributed by atoms with Crippen LogP contribution in [0.2, 0.25) is 0 Å². The molecule has 0 atom stereocenters. The minimum Gasteiger partial charge on any atom is -0.399 e. The summed E-state index contributed by atoms with van der Waals surface area (Å²) in [5, 5.41) is 0. The van der Waals surface area contributed by atoms with E-state index < -0.39 is 0 Å². The Morgan fingerprint density at radius 2 is 1.55 bits per heavy atom. The quantitative estimate of drug-likeness (QED) is 0.516. The fourth-order valence-corrected chi connectivity index (χ4v) is 2.09. The Hall–Kier alpha value is -2.35. The number of benzene rings is 2. The third kappa shape index (κ3) is 3.15. The van der Waals surface area contributed by atoms with Crippen LogP contribution in [0.1, 0.15) is 32.6 Å². The first-order valence-electron chi connectivity index (χ1n) is 6.63. The van der Waals surface area contributed by atoms with E-state index in [-0.39, 0.29) is 5.78 Å². The van der Waals surface area contributed by atoms with Gasteiger partial charge in [-0.1, -0.05) is 24.3 Å². The van der Waals surface area contributed by atoms with Gasteiger partial charge in [0.1, 0.15) is 0 Å². The van der Waals surface area contributed by atoms with E-state index in [2.05, 4.69) is 13.0 Å². The summed E-state index contributed by atoms with van der Waals surface area (Å²) in [6.07, 6.45) is 3.43. The molecule has 0 aromatic heterocycles. The number of hydrogen-bond acceptors (Lipinski definition) is 2. The fourth-order valence-electron chi connectivity index (χ4n) is 2.09. The highest BCUT2D eigenvalue weighted by Gasteiger charge is 2.07. The maximum Gasteiger partial charge on any atom is 0.186 e. The average molecular weight is 265 g/mol. The monoisotopic (exact) mass is 265 g/mol. The second-order valence-electron chi connectivity index (χ2n) is 5.12. The predicted molar refractivity (Wildman–Crippen MR) is 84.9 cm³/mol. The molecule has 2 rings (SSSR count). The number of rotatable bonds is 3. The predicted octanol–water partition coefficient (Wildman–Crippen LogP) is 4.09. The Labute approximate surface area is 119 Å². The van der Waals surface area contributed by atoms with E-state index in [9.17, 15) is 4.79 Å². The molecule has 0 saturated heterocycles. The van der Waals surface area contributed by atoms with Crippen molar-refractivity contribution in [2.45, 2.75) is 20.8 Å². The maximum absolute atomic E-state index is 12.3. The summed E-state index contributed by atoms with van der Waals surface area (Å²) in [5.74, 6) is 0.0300.